The lowest BCUT2D eigenvalue weighted by Gasteiger charge is -2.40. The summed E-state index contributed by atoms with van der Waals surface area (Å²) in [4.78, 5) is 22.8. The first kappa shape index (κ1) is 37.4. The molecule has 0 unspecified atom stereocenters. The molecule has 8 nitrogen and oxygen atoms in total. The summed E-state index contributed by atoms with van der Waals surface area (Å²) >= 11 is 0. The highest BCUT2D eigenvalue weighted by molar-refractivity contribution is 6.01. The number of hydrogen-bond acceptors (Lipinski definition) is 6. The van der Waals surface area contributed by atoms with E-state index in [2.05, 4.69) is 0 Å². The topological polar surface area (TPSA) is 111 Å². The number of primary amides is 1. The molecule has 0 aromatic heterocycles. The molecule has 1 fully saturated rings. The number of hydrogen-bond donors (Lipinski definition) is 2. The first-order valence-electron chi connectivity index (χ1n) is 14.8. The van der Waals surface area contributed by atoms with Crippen LogP contribution in [0.15, 0.2) is 48.5 Å². The Morgan fingerprint density at radius 2 is 1.51 bits per heavy atom. The highest BCUT2D eigenvalue weighted by Gasteiger charge is 2.60. The van der Waals surface area contributed by atoms with E-state index in [-0.39, 0.29) is 6.42 Å². The van der Waals surface area contributed by atoms with Crippen molar-refractivity contribution in [1.29, 1.82) is 0 Å². The van der Waals surface area contributed by atoms with Crippen LogP contribution < -0.4 is 15.2 Å². The van der Waals surface area contributed by atoms with Gasteiger partial charge >= 0.3 is 18.3 Å². The lowest BCUT2D eigenvalue weighted by atomic mass is 9.77. The molecule has 47 heavy (non-hydrogen) atoms. The number of piperidine rings is 1. The number of benzene rings is 3. The van der Waals surface area contributed by atoms with E-state index in [1.165, 1.54) is 0 Å². The van der Waals surface area contributed by atoms with E-state index < -0.39 is 62.1 Å². The summed E-state index contributed by atoms with van der Waals surface area (Å²) < 4.78 is 91.5. The van der Waals surface area contributed by atoms with Gasteiger partial charge < -0.3 is 25.1 Å². The zero-order valence-electron chi connectivity index (χ0n) is 26.3. The number of carboxylic acid groups (broad SMARTS) is 1. The molecule has 14 heteroatoms. The molecule has 1 aliphatic heterocycles. The fourth-order valence-corrected chi connectivity index (χ4v) is 5.60. The molecule has 3 aromatic carbocycles. The van der Waals surface area contributed by atoms with Crippen LogP contribution >= 0.6 is 0 Å². The fourth-order valence-electron chi connectivity index (χ4n) is 5.60. The molecule has 1 heterocycles. The fraction of sp³-hybridized carbons (Fsp3) is 0.455. The molecule has 0 bridgehead atoms. The summed E-state index contributed by atoms with van der Waals surface area (Å²) in [6.07, 6.45) is -10.2. The maximum Gasteiger partial charge on any atom is 0.403 e. The molecule has 3 aromatic rings. The number of likely N-dealkylation sites (tertiary alicyclic amines) is 1. The van der Waals surface area contributed by atoms with Gasteiger partial charge in [-0.2, -0.15) is 26.3 Å². The summed E-state index contributed by atoms with van der Waals surface area (Å²) in [7, 11) is 3.29. The summed E-state index contributed by atoms with van der Waals surface area (Å²) in [6.45, 7) is 0.887. The van der Waals surface area contributed by atoms with Gasteiger partial charge in [-0.1, -0.05) is 36.4 Å². The third-order valence-corrected chi connectivity index (χ3v) is 8.06. The van der Waals surface area contributed by atoms with Crippen LogP contribution in [0.4, 0.5) is 26.3 Å². The van der Waals surface area contributed by atoms with Crippen LogP contribution in [0.25, 0.3) is 21.9 Å². The molecule has 0 spiro atoms. The van der Waals surface area contributed by atoms with Crippen molar-refractivity contribution in [3.05, 3.63) is 59.7 Å². The number of alkyl halides is 6. The first-order valence-corrected chi connectivity index (χ1v) is 14.8. The van der Waals surface area contributed by atoms with Gasteiger partial charge in [0.25, 0.3) is 0 Å². The Morgan fingerprint density at radius 3 is 2.00 bits per heavy atom. The molecular weight excluding hydrogens is 634 g/mol. The van der Waals surface area contributed by atoms with Crippen molar-refractivity contribution in [2.45, 2.75) is 51.6 Å². The number of nitrogens with two attached hydrogens (primary N) is 1. The molecule has 0 atom stereocenters. The van der Waals surface area contributed by atoms with E-state index in [4.69, 9.17) is 25.1 Å². The van der Waals surface area contributed by atoms with Gasteiger partial charge in [-0.15, -0.1) is 0 Å². The number of aliphatic carboxylic acids is 1. The van der Waals surface area contributed by atoms with Crippen LogP contribution in [0, 0.1) is 5.41 Å². The van der Waals surface area contributed by atoms with Crippen LogP contribution in [0.5, 0.6) is 11.5 Å². The monoisotopic (exact) mass is 672 g/mol. The molecule has 4 rings (SSSR count). The second-order valence-electron chi connectivity index (χ2n) is 11.1. The number of methoxy groups -OCH3 is 2. The minimum absolute atomic E-state index is 0.0993. The molecule has 0 aliphatic carbocycles. The van der Waals surface area contributed by atoms with E-state index in [0.29, 0.717) is 31.1 Å². The number of aryl methyl sites for hydroxylation is 1. The lowest BCUT2D eigenvalue weighted by Crippen LogP contribution is -2.56. The quantitative estimate of drug-likeness (QED) is 0.217. The van der Waals surface area contributed by atoms with Crippen LogP contribution in [-0.2, 0) is 27.4 Å². The Morgan fingerprint density at radius 1 is 0.936 bits per heavy atom. The third-order valence-electron chi connectivity index (χ3n) is 8.06. The van der Waals surface area contributed by atoms with Crippen molar-refractivity contribution in [3.63, 3.8) is 0 Å². The van der Waals surface area contributed by atoms with Crippen molar-refractivity contribution in [2.75, 3.05) is 40.5 Å². The number of carboxylic acids is 1. The van der Waals surface area contributed by atoms with Crippen LogP contribution in [0.2, 0.25) is 0 Å². The molecule has 1 amide bonds. The Labute approximate surface area is 268 Å². The van der Waals surface area contributed by atoms with E-state index in [9.17, 15) is 35.9 Å². The number of rotatable bonds is 11. The van der Waals surface area contributed by atoms with Gasteiger partial charge in [0.2, 0.25) is 5.91 Å². The Bertz CT molecular complexity index is 1510. The highest BCUT2D eigenvalue weighted by Crippen LogP contribution is 2.46. The first-order chi connectivity index (χ1) is 22.1. The van der Waals surface area contributed by atoms with Crippen molar-refractivity contribution in [1.82, 2.24) is 4.90 Å². The minimum atomic E-state index is -4.83. The maximum atomic E-state index is 12.8. The Kier molecular flexibility index (Phi) is 12.5. The normalized spacial score (nSPS) is 15.1. The predicted octanol–water partition coefficient (Wildman–Crippen LogP) is 6.76. The Balaban J connectivity index is 0.000000287. The highest BCUT2D eigenvalue weighted by atomic mass is 19.4. The number of nitrogens with zero attached hydrogens (tertiary/aromatic N) is 1. The number of halogens is 6. The number of carbonyl (C=O) groups is 2. The lowest BCUT2D eigenvalue weighted by molar-refractivity contribution is -0.234. The van der Waals surface area contributed by atoms with Crippen LogP contribution in [0.1, 0.15) is 37.3 Å². The van der Waals surface area contributed by atoms with Crippen molar-refractivity contribution < 1.29 is 55.2 Å². The van der Waals surface area contributed by atoms with E-state index >= 15 is 0 Å². The zero-order chi connectivity index (χ0) is 35.0. The second kappa shape index (κ2) is 15.7. The summed E-state index contributed by atoms with van der Waals surface area (Å²) in [5.74, 6) is -0.905. The maximum absolute atomic E-state index is 12.8. The average Bonchev–Trinajstić information content (AvgIpc) is 3.01. The van der Waals surface area contributed by atoms with Gasteiger partial charge in [-0.05, 0) is 78.9 Å². The van der Waals surface area contributed by atoms with Crippen molar-refractivity contribution in [2.24, 2.45) is 11.1 Å². The zero-order valence-corrected chi connectivity index (χ0v) is 26.3. The van der Waals surface area contributed by atoms with Gasteiger partial charge in [0.05, 0.1) is 32.9 Å². The van der Waals surface area contributed by atoms with Crippen LogP contribution in [0.3, 0.4) is 0 Å². The average molecular weight is 673 g/mol. The van der Waals surface area contributed by atoms with Crippen molar-refractivity contribution in [3.8, 4) is 22.6 Å². The molecule has 1 aliphatic rings. The molecule has 258 valence electrons. The molecular formula is C33H38F6N2O6. The largest absolute Gasteiger partial charge is 0.496 e. The second-order valence-corrected chi connectivity index (χ2v) is 11.1. The number of amides is 1. The SMILES string of the molecule is CCOCc1cc(OC)c(-c2cccc3c(CCC(=O)O)cccc23)c(OC)c1.NC(=O)C1(C(F)(F)F)CCN(CC(F)(F)F)CC1. The molecule has 0 radical (unpaired) electrons. The molecule has 1 saturated heterocycles. The Hall–Kier alpha value is -4.04. The standard InChI is InChI=1S/C24H26O5.C9H12F6N2O/c1-4-29-15-16-13-21(27-2)24(22(14-16)28-3)20-10-6-8-18-17(11-12-23(25)26)7-5-9-19(18)20;10-8(11,12)5-17-3-1-7(2-4-17,6(16)18)9(13,14)15/h5-10,13-14H,4,11-12,15H2,1-3H3,(H,25,26);1-5H2,(H2,16,18). The van der Waals surface area contributed by atoms with Crippen molar-refractivity contribution >= 4 is 22.6 Å². The number of fused-ring (bicyclic) bond motifs is 1. The number of carbonyl (C=O) groups excluding carboxylic acids is 1. The smallest absolute Gasteiger partial charge is 0.403 e. The van der Waals surface area contributed by atoms with Gasteiger partial charge in [-0.25, -0.2) is 0 Å². The van der Waals surface area contributed by atoms with E-state index in [0.717, 1.165) is 37.9 Å². The van der Waals surface area contributed by atoms with Gasteiger partial charge in [0, 0.05) is 13.0 Å². The van der Waals surface area contributed by atoms with Gasteiger partial charge in [-0.3, -0.25) is 14.5 Å². The van der Waals surface area contributed by atoms with E-state index in [1.54, 1.807) is 14.2 Å². The van der Waals surface area contributed by atoms with Crippen LogP contribution in [-0.4, -0.2) is 74.7 Å². The number of ether oxygens (including phenoxy) is 3. The molecule has 0 saturated carbocycles. The van der Waals surface area contributed by atoms with Gasteiger partial charge in [0.1, 0.15) is 16.9 Å². The summed E-state index contributed by atoms with van der Waals surface area (Å²) in [5, 5.41) is 11.1. The predicted molar refractivity (Wildman–Crippen MR) is 163 cm³/mol. The van der Waals surface area contributed by atoms with E-state index in [1.807, 2.05) is 55.5 Å². The summed E-state index contributed by atoms with van der Waals surface area (Å²) in [6, 6.07) is 16.0. The van der Waals surface area contributed by atoms with Gasteiger partial charge in [0.15, 0.2) is 0 Å². The third kappa shape index (κ3) is 9.28. The minimum Gasteiger partial charge on any atom is -0.496 e. The molecule has 3 N–H and O–H groups in total. The summed E-state index contributed by atoms with van der Waals surface area (Å²) in [5.41, 5.74) is 5.91.